The summed E-state index contributed by atoms with van der Waals surface area (Å²) in [4.78, 5) is 29.0. The van der Waals surface area contributed by atoms with Crippen LogP contribution in [0.15, 0.2) is 5.38 Å². The highest BCUT2D eigenvalue weighted by molar-refractivity contribution is 7.09. The van der Waals surface area contributed by atoms with Crippen molar-refractivity contribution in [2.45, 2.75) is 39.3 Å². The quantitative estimate of drug-likeness (QED) is 0.854. The lowest BCUT2D eigenvalue weighted by atomic mass is 10.0. The summed E-state index contributed by atoms with van der Waals surface area (Å²) >= 11 is 1.30. The molecule has 0 aliphatic heterocycles. The van der Waals surface area contributed by atoms with Crippen LogP contribution >= 0.6 is 11.3 Å². The van der Waals surface area contributed by atoms with E-state index in [4.69, 9.17) is 5.73 Å². The maximum atomic E-state index is 12.3. The van der Waals surface area contributed by atoms with Gasteiger partial charge in [-0.1, -0.05) is 0 Å². The van der Waals surface area contributed by atoms with Gasteiger partial charge in [0.05, 0.1) is 6.04 Å². The molecule has 1 unspecified atom stereocenters. The minimum atomic E-state index is -1.27. The fourth-order valence-corrected chi connectivity index (χ4v) is 2.39. The molecular formula is C12H19N3O3S. The summed E-state index contributed by atoms with van der Waals surface area (Å²) in [6, 6.07) is -0.242. The van der Waals surface area contributed by atoms with Gasteiger partial charge in [0.25, 0.3) is 5.91 Å². The Balaban J connectivity index is 3.05. The first-order chi connectivity index (χ1) is 8.71. The van der Waals surface area contributed by atoms with E-state index >= 15 is 0 Å². The number of amides is 1. The first-order valence-electron chi connectivity index (χ1n) is 5.98. The number of carboxylic acid groups (broad SMARTS) is 1. The summed E-state index contributed by atoms with van der Waals surface area (Å²) in [5.41, 5.74) is 4.67. The lowest BCUT2D eigenvalue weighted by Crippen LogP contribution is -2.53. The van der Waals surface area contributed by atoms with Crippen LogP contribution < -0.4 is 5.73 Å². The average Bonchev–Trinajstić information content (AvgIpc) is 2.78. The molecule has 0 aromatic carbocycles. The van der Waals surface area contributed by atoms with Crippen LogP contribution in [0.4, 0.5) is 0 Å². The predicted molar refractivity (Wildman–Crippen MR) is 73.1 cm³/mol. The molecule has 0 saturated carbocycles. The summed E-state index contributed by atoms with van der Waals surface area (Å²) in [7, 11) is 0. The van der Waals surface area contributed by atoms with E-state index in [0.717, 1.165) is 0 Å². The molecule has 0 saturated heterocycles. The van der Waals surface area contributed by atoms with Gasteiger partial charge in [-0.05, 0) is 27.7 Å². The van der Waals surface area contributed by atoms with Crippen LogP contribution in [0.3, 0.4) is 0 Å². The number of carbonyl (C=O) groups excluding carboxylic acids is 1. The number of aliphatic carboxylic acids is 1. The van der Waals surface area contributed by atoms with Crippen LogP contribution in [0.5, 0.6) is 0 Å². The molecule has 6 nitrogen and oxygen atoms in total. The molecule has 0 fully saturated rings. The third-order valence-electron chi connectivity index (χ3n) is 2.89. The average molecular weight is 285 g/mol. The molecule has 0 spiro atoms. The molecular weight excluding hydrogens is 266 g/mol. The van der Waals surface area contributed by atoms with Crippen molar-refractivity contribution in [3.05, 3.63) is 16.1 Å². The molecule has 19 heavy (non-hydrogen) atoms. The molecule has 0 aliphatic carbocycles. The van der Waals surface area contributed by atoms with Crippen molar-refractivity contribution in [1.82, 2.24) is 9.88 Å². The summed E-state index contributed by atoms with van der Waals surface area (Å²) in [6.07, 6.45) is 0. The number of carboxylic acids is 1. The third-order valence-corrected chi connectivity index (χ3v) is 3.94. The fourth-order valence-electron chi connectivity index (χ4n) is 1.64. The normalized spacial score (nSPS) is 13.1. The van der Waals surface area contributed by atoms with Gasteiger partial charge in [-0.25, -0.2) is 9.78 Å². The topological polar surface area (TPSA) is 96.5 Å². The number of rotatable bonds is 5. The van der Waals surface area contributed by atoms with E-state index in [1.54, 1.807) is 19.2 Å². The first-order valence-corrected chi connectivity index (χ1v) is 6.86. The van der Waals surface area contributed by atoms with Crippen LogP contribution in [0.1, 0.15) is 49.2 Å². The highest BCUT2D eigenvalue weighted by Crippen LogP contribution is 2.21. The van der Waals surface area contributed by atoms with E-state index in [2.05, 4.69) is 4.98 Å². The standard InChI is InChI=1S/C12H19N3O3S/c1-5-15(12(3,4)11(17)18)10(16)8-6-19-9(14-8)7(2)13/h6-7H,5,13H2,1-4H3,(H,17,18). The molecule has 106 valence electrons. The van der Waals surface area contributed by atoms with Gasteiger partial charge < -0.3 is 15.7 Å². The van der Waals surface area contributed by atoms with E-state index < -0.39 is 17.4 Å². The van der Waals surface area contributed by atoms with E-state index in [1.165, 1.54) is 30.1 Å². The Morgan fingerprint density at radius 3 is 2.53 bits per heavy atom. The van der Waals surface area contributed by atoms with Crippen molar-refractivity contribution < 1.29 is 14.7 Å². The van der Waals surface area contributed by atoms with Crippen molar-refractivity contribution in [3.8, 4) is 0 Å². The van der Waals surface area contributed by atoms with Gasteiger partial charge in [0.15, 0.2) is 0 Å². The third kappa shape index (κ3) is 3.10. The number of hydrogen-bond donors (Lipinski definition) is 2. The largest absolute Gasteiger partial charge is 0.480 e. The zero-order valence-electron chi connectivity index (χ0n) is 11.5. The molecule has 1 aromatic heterocycles. The number of likely N-dealkylation sites (N-methyl/N-ethyl adjacent to an activating group) is 1. The van der Waals surface area contributed by atoms with Gasteiger partial charge in [-0.2, -0.15) is 0 Å². The van der Waals surface area contributed by atoms with E-state index in [9.17, 15) is 14.7 Å². The summed E-state index contributed by atoms with van der Waals surface area (Å²) in [5, 5.41) is 11.5. The number of nitrogens with zero attached hydrogens (tertiary/aromatic N) is 2. The molecule has 1 rings (SSSR count). The van der Waals surface area contributed by atoms with Crippen molar-refractivity contribution in [3.63, 3.8) is 0 Å². The predicted octanol–water partition coefficient (Wildman–Crippen LogP) is 1.49. The SMILES string of the molecule is CCN(C(=O)c1csc(C(C)N)n1)C(C)(C)C(=O)O. The molecule has 1 aromatic rings. The van der Waals surface area contributed by atoms with Gasteiger partial charge in [0.1, 0.15) is 16.2 Å². The second-order valence-corrected chi connectivity index (χ2v) is 5.66. The Kier molecular flexibility index (Phi) is 4.65. The van der Waals surface area contributed by atoms with Crippen LogP contribution in [-0.4, -0.2) is 39.0 Å². The summed E-state index contributed by atoms with van der Waals surface area (Å²) < 4.78 is 0. The lowest BCUT2D eigenvalue weighted by molar-refractivity contribution is -0.147. The van der Waals surface area contributed by atoms with E-state index in [-0.39, 0.29) is 11.7 Å². The Morgan fingerprint density at radius 2 is 2.16 bits per heavy atom. The van der Waals surface area contributed by atoms with Gasteiger partial charge in [0.2, 0.25) is 0 Å². The fraction of sp³-hybridized carbons (Fsp3) is 0.583. The Bertz CT molecular complexity index is 482. The minimum absolute atomic E-state index is 0.242. The molecule has 7 heteroatoms. The van der Waals surface area contributed by atoms with Crippen molar-refractivity contribution in [2.75, 3.05) is 6.54 Å². The molecule has 1 heterocycles. The molecule has 0 bridgehead atoms. The van der Waals surface area contributed by atoms with Crippen LogP contribution in [-0.2, 0) is 4.79 Å². The number of aromatic nitrogens is 1. The van der Waals surface area contributed by atoms with Crippen molar-refractivity contribution >= 4 is 23.2 Å². The molecule has 0 radical (unpaired) electrons. The van der Waals surface area contributed by atoms with Gasteiger partial charge in [-0.3, -0.25) is 4.79 Å². The van der Waals surface area contributed by atoms with Gasteiger partial charge in [0, 0.05) is 11.9 Å². The number of thiazole rings is 1. The lowest BCUT2D eigenvalue weighted by Gasteiger charge is -2.33. The zero-order valence-corrected chi connectivity index (χ0v) is 12.3. The smallest absolute Gasteiger partial charge is 0.329 e. The Labute approximate surface area is 116 Å². The Hall–Kier alpha value is -1.47. The summed E-state index contributed by atoms with van der Waals surface area (Å²) in [5.74, 6) is -1.44. The maximum Gasteiger partial charge on any atom is 0.329 e. The van der Waals surface area contributed by atoms with Crippen molar-refractivity contribution in [2.24, 2.45) is 5.73 Å². The highest BCUT2D eigenvalue weighted by atomic mass is 32.1. The minimum Gasteiger partial charge on any atom is -0.480 e. The number of hydrogen-bond acceptors (Lipinski definition) is 5. The first kappa shape index (κ1) is 15.6. The number of carbonyl (C=O) groups is 2. The maximum absolute atomic E-state index is 12.3. The Morgan fingerprint density at radius 1 is 1.58 bits per heavy atom. The molecule has 1 atom stereocenters. The summed E-state index contributed by atoms with van der Waals surface area (Å²) in [6.45, 7) is 6.81. The molecule has 3 N–H and O–H groups in total. The second-order valence-electron chi connectivity index (χ2n) is 4.77. The van der Waals surface area contributed by atoms with Gasteiger partial charge in [-0.15, -0.1) is 11.3 Å². The van der Waals surface area contributed by atoms with Crippen LogP contribution in [0.25, 0.3) is 0 Å². The number of nitrogens with two attached hydrogens (primary N) is 1. The molecule has 1 amide bonds. The van der Waals surface area contributed by atoms with E-state index in [1.807, 2.05) is 0 Å². The zero-order chi connectivity index (χ0) is 14.8. The second kappa shape index (κ2) is 5.66. The molecule has 0 aliphatic rings. The monoisotopic (exact) mass is 285 g/mol. The van der Waals surface area contributed by atoms with Gasteiger partial charge >= 0.3 is 5.97 Å². The van der Waals surface area contributed by atoms with Crippen LogP contribution in [0, 0.1) is 0 Å². The van der Waals surface area contributed by atoms with E-state index in [0.29, 0.717) is 11.6 Å². The van der Waals surface area contributed by atoms with Crippen LogP contribution in [0.2, 0.25) is 0 Å². The van der Waals surface area contributed by atoms with Crippen molar-refractivity contribution in [1.29, 1.82) is 0 Å². The highest BCUT2D eigenvalue weighted by Gasteiger charge is 2.38.